The molecular formula is C18H26ClN. The van der Waals surface area contributed by atoms with E-state index in [1.54, 1.807) is 0 Å². The second-order valence-corrected chi connectivity index (χ2v) is 7.50. The van der Waals surface area contributed by atoms with E-state index in [9.17, 15) is 0 Å². The molecule has 1 aliphatic carbocycles. The van der Waals surface area contributed by atoms with Gasteiger partial charge in [-0.05, 0) is 60.9 Å². The predicted molar refractivity (Wildman–Crippen MR) is 86.2 cm³/mol. The Balaban J connectivity index is 1.77. The molecule has 2 heteroatoms. The molecule has 1 nitrogen and oxygen atoms in total. The number of rotatable bonds is 3. The lowest BCUT2D eigenvalue weighted by Crippen LogP contribution is -2.47. The van der Waals surface area contributed by atoms with Crippen LogP contribution in [0.25, 0.3) is 0 Å². The molecule has 1 N–H and O–H groups in total. The fraction of sp³-hybridized carbons (Fsp3) is 0.667. The minimum atomic E-state index is 0.452. The highest BCUT2D eigenvalue weighted by molar-refractivity contribution is 6.30. The zero-order valence-electron chi connectivity index (χ0n) is 12.5. The maximum absolute atomic E-state index is 6.01. The summed E-state index contributed by atoms with van der Waals surface area (Å²) in [7, 11) is 0. The summed E-state index contributed by atoms with van der Waals surface area (Å²) in [6.45, 7) is 4.91. The van der Waals surface area contributed by atoms with E-state index < -0.39 is 0 Å². The molecular weight excluding hydrogens is 266 g/mol. The van der Waals surface area contributed by atoms with E-state index in [0.29, 0.717) is 5.41 Å². The number of nitrogens with one attached hydrogen (secondary N) is 1. The molecule has 110 valence electrons. The van der Waals surface area contributed by atoms with Crippen LogP contribution in [0.15, 0.2) is 24.3 Å². The van der Waals surface area contributed by atoms with Gasteiger partial charge in [-0.1, -0.05) is 56.3 Å². The third kappa shape index (κ3) is 3.04. The fourth-order valence-corrected chi connectivity index (χ4v) is 4.57. The van der Waals surface area contributed by atoms with Crippen molar-refractivity contribution < 1.29 is 0 Å². The van der Waals surface area contributed by atoms with Crippen LogP contribution in [0, 0.1) is 17.3 Å². The minimum absolute atomic E-state index is 0.452. The van der Waals surface area contributed by atoms with Gasteiger partial charge in [-0.2, -0.15) is 0 Å². The molecule has 1 aromatic rings. The summed E-state index contributed by atoms with van der Waals surface area (Å²) >= 11 is 6.01. The van der Waals surface area contributed by atoms with E-state index >= 15 is 0 Å². The minimum Gasteiger partial charge on any atom is -0.316 e. The lowest BCUT2D eigenvalue weighted by Gasteiger charge is -2.45. The van der Waals surface area contributed by atoms with Crippen molar-refractivity contribution in [2.45, 2.75) is 45.4 Å². The van der Waals surface area contributed by atoms with Crippen molar-refractivity contribution >= 4 is 11.6 Å². The van der Waals surface area contributed by atoms with E-state index in [4.69, 9.17) is 11.6 Å². The quantitative estimate of drug-likeness (QED) is 0.852. The highest BCUT2D eigenvalue weighted by Crippen LogP contribution is 2.46. The third-order valence-corrected chi connectivity index (χ3v) is 5.87. The molecule has 20 heavy (non-hydrogen) atoms. The highest BCUT2D eigenvalue weighted by Gasteiger charge is 2.41. The average molecular weight is 292 g/mol. The lowest BCUT2D eigenvalue weighted by molar-refractivity contribution is 0.0785. The van der Waals surface area contributed by atoms with Gasteiger partial charge >= 0.3 is 0 Å². The smallest absolute Gasteiger partial charge is 0.0406 e. The first-order valence-corrected chi connectivity index (χ1v) is 8.50. The largest absolute Gasteiger partial charge is 0.316 e. The van der Waals surface area contributed by atoms with Gasteiger partial charge in [0.15, 0.2) is 0 Å². The van der Waals surface area contributed by atoms with Gasteiger partial charge in [0.05, 0.1) is 0 Å². The Morgan fingerprint density at radius 1 is 1.20 bits per heavy atom. The average Bonchev–Trinajstić information content (AvgIpc) is 2.95. The topological polar surface area (TPSA) is 12.0 Å². The van der Waals surface area contributed by atoms with Crippen molar-refractivity contribution in [3.8, 4) is 0 Å². The van der Waals surface area contributed by atoms with E-state index in [1.165, 1.54) is 57.2 Å². The number of hydrogen-bond donors (Lipinski definition) is 1. The second kappa shape index (κ2) is 6.07. The molecule has 2 atom stereocenters. The van der Waals surface area contributed by atoms with Gasteiger partial charge in [-0.3, -0.25) is 0 Å². The first-order valence-electron chi connectivity index (χ1n) is 8.12. The van der Waals surface area contributed by atoms with Crippen LogP contribution >= 0.6 is 11.6 Å². The van der Waals surface area contributed by atoms with Crippen molar-refractivity contribution in [1.29, 1.82) is 0 Å². The Hall–Kier alpha value is -0.530. The van der Waals surface area contributed by atoms with Crippen molar-refractivity contribution in [2.24, 2.45) is 17.3 Å². The first kappa shape index (κ1) is 14.4. The normalized spacial score (nSPS) is 31.6. The number of piperidine rings is 1. The third-order valence-electron chi connectivity index (χ3n) is 5.62. The van der Waals surface area contributed by atoms with Crippen molar-refractivity contribution in [1.82, 2.24) is 5.32 Å². The van der Waals surface area contributed by atoms with Crippen LogP contribution in [-0.2, 0) is 6.42 Å². The molecule has 2 aliphatic rings. The summed E-state index contributed by atoms with van der Waals surface area (Å²) in [5.74, 6) is 1.79. The van der Waals surface area contributed by atoms with Crippen molar-refractivity contribution in [3.05, 3.63) is 34.9 Å². The van der Waals surface area contributed by atoms with Crippen LogP contribution < -0.4 is 5.32 Å². The van der Waals surface area contributed by atoms with Crippen LogP contribution in [-0.4, -0.2) is 13.1 Å². The zero-order valence-corrected chi connectivity index (χ0v) is 13.3. The molecule has 1 aliphatic heterocycles. The van der Waals surface area contributed by atoms with Crippen LogP contribution in [0.1, 0.15) is 44.6 Å². The van der Waals surface area contributed by atoms with Gasteiger partial charge in [-0.25, -0.2) is 0 Å². The molecule has 1 aromatic carbocycles. The number of halogens is 1. The maximum Gasteiger partial charge on any atom is 0.0406 e. The molecule has 0 aromatic heterocycles. The van der Waals surface area contributed by atoms with Gasteiger partial charge < -0.3 is 5.32 Å². The predicted octanol–water partition coefficient (Wildman–Crippen LogP) is 4.69. The van der Waals surface area contributed by atoms with Gasteiger partial charge in [0.1, 0.15) is 0 Å². The molecule has 1 saturated heterocycles. The molecule has 0 spiro atoms. The summed E-state index contributed by atoms with van der Waals surface area (Å²) in [6, 6.07) is 8.49. The Kier molecular flexibility index (Phi) is 4.37. The lowest BCUT2D eigenvalue weighted by atomic mass is 9.63. The standard InChI is InChI=1S/C18H26ClN/c1-18(12-14-6-8-16(19)9-7-14)10-11-20-13-17(18)15-4-2-3-5-15/h6-9,15,17,20H,2-5,10-13H2,1H3. The number of benzene rings is 1. The van der Waals surface area contributed by atoms with Crippen LogP contribution in [0.3, 0.4) is 0 Å². The summed E-state index contributed by atoms with van der Waals surface area (Å²) in [4.78, 5) is 0. The van der Waals surface area contributed by atoms with E-state index in [0.717, 1.165) is 16.9 Å². The molecule has 0 bridgehead atoms. The van der Waals surface area contributed by atoms with Gasteiger partial charge in [0, 0.05) is 5.02 Å². The molecule has 0 radical (unpaired) electrons. The molecule has 1 saturated carbocycles. The van der Waals surface area contributed by atoms with Gasteiger partial charge in [-0.15, -0.1) is 0 Å². The highest BCUT2D eigenvalue weighted by atomic mass is 35.5. The zero-order chi connectivity index (χ0) is 14.0. The Morgan fingerprint density at radius 2 is 1.90 bits per heavy atom. The maximum atomic E-state index is 6.01. The molecule has 0 amide bonds. The van der Waals surface area contributed by atoms with Crippen LogP contribution in [0.2, 0.25) is 5.02 Å². The van der Waals surface area contributed by atoms with E-state index in [1.807, 2.05) is 12.1 Å². The number of hydrogen-bond acceptors (Lipinski definition) is 1. The van der Waals surface area contributed by atoms with Crippen LogP contribution in [0.5, 0.6) is 0 Å². The summed E-state index contributed by atoms with van der Waals surface area (Å²) in [5, 5.41) is 4.48. The SMILES string of the molecule is CC1(Cc2ccc(Cl)cc2)CCNCC1C1CCCC1. The van der Waals surface area contributed by atoms with Crippen molar-refractivity contribution in [2.75, 3.05) is 13.1 Å². The van der Waals surface area contributed by atoms with E-state index in [-0.39, 0.29) is 0 Å². The Morgan fingerprint density at radius 3 is 2.60 bits per heavy atom. The summed E-state index contributed by atoms with van der Waals surface area (Å²) < 4.78 is 0. The molecule has 2 fully saturated rings. The molecule has 1 heterocycles. The Labute approximate surface area is 128 Å². The molecule has 3 rings (SSSR count). The van der Waals surface area contributed by atoms with Crippen molar-refractivity contribution in [3.63, 3.8) is 0 Å². The Bertz CT molecular complexity index is 435. The summed E-state index contributed by atoms with van der Waals surface area (Å²) in [5.41, 5.74) is 1.90. The summed E-state index contributed by atoms with van der Waals surface area (Å²) in [6.07, 6.45) is 8.28. The monoisotopic (exact) mass is 291 g/mol. The van der Waals surface area contributed by atoms with Gasteiger partial charge in [0.2, 0.25) is 0 Å². The fourth-order valence-electron chi connectivity index (χ4n) is 4.45. The van der Waals surface area contributed by atoms with Crippen LogP contribution in [0.4, 0.5) is 0 Å². The van der Waals surface area contributed by atoms with Gasteiger partial charge in [0.25, 0.3) is 0 Å². The van der Waals surface area contributed by atoms with E-state index in [2.05, 4.69) is 24.4 Å². The second-order valence-electron chi connectivity index (χ2n) is 7.06. The first-order chi connectivity index (χ1) is 9.67. The molecule has 2 unspecified atom stereocenters.